The molecule has 0 unspecified atom stereocenters. The minimum Gasteiger partial charge on any atom is -0.360 e. The average Bonchev–Trinajstić information content (AvgIpc) is 2.90. The zero-order valence-corrected chi connectivity index (χ0v) is 11.8. The van der Waals surface area contributed by atoms with Crippen molar-refractivity contribution in [3.63, 3.8) is 0 Å². The summed E-state index contributed by atoms with van der Waals surface area (Å²) in [5.74, 6) is -0.845. The summed E-state index contributed by atoms with van der Waals surface area (Å²) in [4.78, 5) is 26.6. The summed E-state index contributed by atoms with van der Waals surface area (Å²) in [6.07, 6.45) is 1.54. The lowest BCUT2D eigenvalue weighted by Gasteiger charge is -2.05. The van der Waals surface area contributed by atoms with Crippen molar-refractivity contribution in [2.75, 3.05) is 5.32 Å². The van der Waals surface area contributed by atoms with E-state index in [1.165, 1.54) is 25.3 Å². The summed E-state index contributed by atoms with van der Waals surface area (Å²) in [5, 5.41) is 3.23. The Labute approximate surface area is 126 Å². The standard InChI is InChI=1S/C17H13FN2O2/c1-10(21)11-3-2-4-13(7-11)20-17(22)15-9-19-16-6-5-12(18)8-14(15)16/h2-9,19H,1H3,(H,20,22). The van der Waals surface area contributed by atoms with E-state index in [9.17, 15) is 14.0 Å². The predicted molar refractivity (Wildman–Crippen MR) is 82.7 cm³/mol. The number of ketones is 1. The number of nitrogens with one attached hydrogen (secondary N) is 2. The quantitative estimate of drug-likeness (QED) is 0.723. The molecule has 0 spiro atoms. The van der Waals surface area contributed by atoms with Crippen LogP contribution in [0.1, 0.15) is 27.6 Å². The number of aromatic nitrogens is 1. The number of carbonyl (C=O) groups is 2. The zero-order valence-electron chi connectivity index (χ0n) is 11.8. The number of H-pyrrole nitrogens is 1. The Hall–Kier alpha value is -2.95. The number of hydrogen-bond acceptors (Lipinski definition) is 2. The number of hydrogen-bond donors (Lipinski definition) is 2. The van der Waals surface area contributed by atoms with Gasteiger partial charge < -0.3 is 10.3 Å². The molecule has 4 nitrogen and oxygen atoms in total. The van der Waals surface area contributed by atoms with Gasteiger partial charge in [-0.25, -0.2) is 4.39 Å². The van der Waals surface area contributed by atoms with Crippen molar-refractivity contribution in [3.8, 4) is 0 Å². The highest BCUT2D eigenvalue weighted by atomic mass is 19.1. The van der Waals surface area contributed by atoms with E-state index < -0.39 is 5.82 Å². The molecule has 0 aliphatic carbocycles. The monoisotopic (exact) mass is 296 g/mol. The smallest absolute Gasteiger partial charge is 0.257 e. The molecule has 0 aliphatic rings. The zero-order chi connectivity index (χ0) is 15.7. The number of rotatable bonds is 3. The van der Waals surface area contributed by atoms with Gasteiger partial charge in [0.2, 0.25) is 0 Å². The predicted octanol–water partition coefficient (Wildman–Crippen LogP) is 3.76. The second-order valence-corrected chi connectivity index (χ2v) is 4.98. The van der Waals surface area contributed by atoms with Gasteiger partial charge in [-0.2, -0.15) is 0 Å². The number of carbonyl (C=O) groups excluding carboxylic acids is 2. The normalized spacial score (nSPS) is 10.6. The van der Waals surface area contributed by atoms with E-state index in [0.717, 1.165) is 0 Å². The van der Waals surface area contributed by atoms with Crippen LogP contribution in [0.2, 0.25) is 0 Å². The summed E-state index contributed by atoms with van der Waals surface area (Å²) in [7, 11) is 0. The highest BCUT2D eigenvalue weighted by molar-refractivity contribution is 6.13. The lowest BCUT2D eigenvalue weighted by atomic mass is 10.1. The van der Waals surface area contributed by atoms with E-state index in [0.29, 0.717) is 27.7 Å². The molecule has 3 aromatic rings. The van der Waals surface area contributed by atoms with Gasteiger partial charge in [0.1, 0.15) is 5.82 Å². The number of benzene rings is 2. The van der Waals surface area contributed by atoms with Gasteiger partial charge in [-0.15, -0.1) is 0 Å². The van der Waals surface area contributed by atoms with Gasteiger partial charge in [0.15, 0.2) is 5.78 Å². The van der Waals surface area contributed by atoms with Crippen LogP contribution < -0.4 is 5.32 Å². The molecule has 110 valence electrons. The molecule has 5 heteroatoms. The number of Topliss-reactive ketones (excluding diaryl/α,β-unsaturated/α-hetero) is 1. The van der Waals surface area contributed by atoms with Crippen LogP contribution in [0.4, 0.5) is 10.1 Å². The second kappa shape index (κ2) is 5.44. The fourth-order valence-electron chi connectivity index (χ4n) is 2.30. The number of halogens is 1. The van der Waals surface area contributed by atoms with Crippen molar-refractivity contribution < 1.29 is 14.0 Å². The van der Waals surface area contributed by atoms with E-state index in [4.69, 9.17) is 0 Å². The van der Waals surface area contributed by atoms with E-state index in [1.54, 1.807) is 30.3 Å². The van der Waals surface area contributed by atoms with Crippen LogP contribution in [0.25, 0.3) is 10.9 Å². The Bertz CT molecular complexity index is 883. The fourth-order valence-corrected chi connectivity index (χ4v) is 2.30. The molecule has 0 saturated carbocycles. The first kappa shape index (κ1) is 14.0. The van der Waals surface area contributed by atoms with Crippen LogP contribution in [-0.2, 0) is 0 Å². The number of amides is 1. The number of aromatic amines is 1. The van der Waals surface area contributed by atoms with Crippen LogP contribution in [0.5, 0.6) is 0 Å². The molecule has 0 atom stereocenters. The molecule has 0 saturated heterocycles. The van der Waals surface area contributed by atoms with Gasteiger partial charge >= 0.3 is 0 Å². The van der Waals surface area contributed by atoms with E-state index in [1.807, 2.05) is 0 Å². The molecule has 3 rings (SSSR count). The fraction of sp³-hybridized carbons (Fsp3) is 0.0588. The van der Waals surface area contributed by atoms with Crippen molar-refractivity contribution in [1.82, 2.24) is 4.98 Å². The SMILES string of the molecule is CC(=O)c1cccc(NC(=O)c2c[nH]c3ccc(F)cc23)c1. The summed E-state index contributed by atoms with van der Waals surface area (Å²) >= 11 is 0. The second-order valence-electron chi connectivity index (χ2n) is 4.98. The topological polar surface area (TPSA) is 62.0 Å². The molecule has 2 N–H and O–H groups in total. The van der Waals surface area contributed by atoms with Crippen LogP contribution in [0.15, 0.2) is 48.7 Å². The van der Waals surface area contributed by atoms with Gasteiger partial charge in [0, 0.05) is 28.4 Å². The van der Waals surface area contributed by atoms with E-state index in [2.05, 4.69) is 10.3 Å². The van der Waals surface area contributed by atoms with E-state index in [-0.39, 0.29) is 11.7 Å². The van der Waals surface area contributed by atoms with Crippen molar-refractivity contribution in [1.29, 1.82) is 0 Å². The Morgan fingerprint density at radius 2 is 1.95 bits per heavy atom. The highest BCUT2D eigenvalue weighted by Gasteiger charge is 2.13. The van der Waals surface area contributed by atoms with Gasteiger partial charge in [-0.05, 0) is 37.3 Å². The molecule has 0 aliphatic heterocycles. The summed E-state index contributed by atoms with van der Waals surface area (Å²) < 4.78 is 13.3. The first-order valence-corrected chi connectivity index (χ1v) is 6.73. The molecule has 0 fully saturated rings. The minimum atomic E-state index is -0.403. The lowest BCUT2D eigenvalue weighted by molar-refractivity contribution is 0.101. The first-order valence-electron chi connectivity index (χ1n) is 6.73. The Kier molecular flexibility index (Phi) is 3.47. The molecule has 1 aromatic heterocycles. The van der Waals surface area contributed by atoms with Gasteiger partial charge in [0.05, 0.1) is 5.56 Å². The van der Waals surface area contributed by atoms with Crippen LogP contribution in [0, 0.1) is 5.82 Å². The third-order valence-electron chi connectivity index (χ3n) is 3.42. The molecule has 0 radical (unpaired) electrons. The third kappa shape index (κ3) is 2.61. The largest absolute Gasteiger partial charge is 0.360 e. The molecule has 2 aromatic carbocycles. The number of anilines is 1. The third-order valence-corrected chi connectivity index (χ3v) is 3.42. The molecule has 1 heterocycles. The van der Waals surface area contributed by atoms with Gasteiger partial charge in [-0.3, -0.25) is 9.59 Å². The van der Waals surface area contributed by atoms with Crippen LogP contribution in [-0.4, -0.2) is 16.7 Å². The van der Waals surface area contributed by atoms with Crippen molar-refractivity contribution in [2.45, 2.75) is 6.92 Å². The summed E-state index contributed by atoms with van der Waals surface area (Å²) in [6.45, 7) is 1.46. The van der Waals surface area contributed by atoms with Crippen molar-refractivity contribution >= 4 is 28.3 Å². The molecular weight excluding hydrogens is 283 g/mol. The van der Waals surface area contributed by atoms with Crippen LogP contribution in [0.3, 0.4) is 0 Å². The highest BCUT2D eigenvalue weighted by Crippen LogP contribution is 2.21. The lowest BCUT2D eigenvalue weighted by Crippen LogP contribution is -2.11. The molecule has 1 amide bonds. The maximum atomic E-state index is 13.3. The van der Waals surface area contributed by atoms with Gasteiger partial charge in [-0.1, -0.05) is 12.1 Å². The average molecular weight is 296 g/mol. The minimum absolute atomic E-state index is 0.0785. The van der Waals surface area contributed by atoms with E-state index >= 15 is 0 Å². The van der Waals surface area contributed by atoms with Crippen molar-refractivity contribution in [3.05, 3.63) is 65.6 Å². The van der Waals surface area contributed by atoms with Crippen molar-refractivity contribution in [2.24, 2.45) is 0 Å². The maximum absolute atomic E-state index is 13.3. The Morgan fingerprint density at radius 3 is 2.73 bits per heavy atom. The summed E-state index contributed by atoms with van der Waals surface area (Å²) in [6, 6.07) is 10.9. The molecular formula is C17H13FN2O2. The number of fused-ring (bicyclic) bond motifs is 1. The Balaban J connectivity index is 1.92. The molecule has 22 heavy (non-hydrogen) atoms. The Morgan fingerprint density at radius 1 is 1.14 bits per heavy atom. The maximum Gasteiger partial charge on any atom is 0.257 e. The molecule has 0 bridgehead atoms. The first-order chi connectivity index (χ1) is 10.5. The van der Waals surface area contributed by atoms with Gasteiger partial charge in [0.25, 0.3) is 5.91 Å². The summed E-state index contributed by atoms with van der Waals surface area (Å²) in [5.41, 5.74) is 2.07. The van der Waals surface area contributed by atoms with Crippen LogP contribution >= 0.6 is 0 Å².